The summed E-state index contributed by atoms with van der Waals surface area (Å²) in [6.07, 6.45) is 2.91. The second kappa shape index (κ2) is 3.44. The van der Waals surface area contributed by atoms with E-state index < -0.39 is 6.10 Å². The van der Waals surface area contributed by atoms with E-state index in [0.29, 0.717) is 6.42 Å². The zero-order chi connectivity index (χ0) is 9.19. The fraction of sp³-hybridized carbons (Fsp3) is 0.889. The highest BCUT2D eigenvalue weighted by Gasteiger charge is 2.34. The van der Waals surface area contributed by atoms with Gasteiger partial charge in [-0.15, -0.1) is 0 Å². The Balaban J connectivity index is 2.35. The van der Waals surface area contributed by atoms with Crippen LogP contribution in [-0.4, -0.2) is 22.7 Å². The maximum Gasteiger partial charge on any atom is 0.249 e. The van der Waals surface area contributed by atoms with Crippen molar-refractivity contribution in [2.45, 2.75) is 51.2 Å². The van der Waals surface area contributed by atoms with Crippen molar-refractivity contribution in [1.82, 2.24) is 5.32 Å². The number of aliphatic hydroxyl groups is 1. The fourth-order valence-electron chi connectivity index (χ4n) is 1.40. The van der Waals surface area contributed by atoms with Crippen LogP contribution in [0.3, 0.4) is 0 Å². The van der Waals surface area contributed by atoms with Crippen LogP contribution in [0.1, 0.15) is 39.5 Å². The van der Waals surface area contributed by atoms with Gasteiger partial charge in [0.25, 0.3) is 0 Å². The highest BCUT2D eigenvalue weighted by Crippen LogP contribution is 2.30. The summed E-state index contributed by atoms with van der Waals surface area (Å²) in [4.78, 5) is 11.2. The minimum Gasteiger partial charge on any atom is -0.383 e. The molecular weight excluding hydrogens is 154 g/mol. The first kappa shape index (κ1) is 9.52. The first-order valence-corrected chi connectivity index (χ1v) is 4.57. The Bertz CT molecular complexity index is 175. The number of hydrogen-bond donors (Lipinski definition) is 2. The van der Waals surface area contributed by atoms with Crippen molar-refractivity contribution in [1.29, 1.82) is 0 Å². The summed E-state index contributed by atoms with van der Waals surface area (Å²) in [7, 11) is 0. The van der Waals surface area contributed by atoms with Crippen LogP contribution in [0.15, 0.2) is 0 Å². The van der Waals surface area contributed by atoms with Gasteiger partial charge in [0.2, 0.25) is 5.91 Å². The van der Waals surface area contributed by atoms with Crippen molar-refractivity contribution >= 4 is 5.91 Å². The third-order valence-electron chi connectivity index (χ3n) is 2.57. The van der Waals surface area contributed by atoms with Crippen molar-refractivity contribution in [3.63, 3.8) is 0 Å². The molecule has 0 aliphatic heterocycles. The topological polar surface area (TPSA) is 49.3 Å². The molecule has 0 bridgehead atoms. The standard InChI is InChI=1S/C9H17NO2/c1-3-7(11)8(12)10-9(2)5-4-6-9/h7,11H,3-6H2,1-2H3,(H,10,12). The predicted octanol–water partition coefficient (Wildman–Crippen LogP) is 0.816. The van der Waals surface area contributed by atoms with Crippen molar-refractivity contribution in [2.75, 3.05) is 0 Å². The normalized spacial score (nSPS) is 22.6. The lowest BCUT2D eigenvalue weighted by atomic mass is 9.78. The average molecular weight is 171 g/mol. The summed E-state index contributed by atoms with van der Waals surface area (Å²) in [6.45, 7) is 3.82. The Hall–Kier alpha value is -0.570. The second-order valence-electron chi connectivity index (χ2n) is 3.83. The number of rotatable bonds is 3. The Kier molecular flexibility index (Phi) is 2.73. The largest absolute Gasteiger partial charge is 0.383 e. The smallest absolute Gasteiger partial charge is 0.249 e. The first-order chi connectivity index (χ1) is 5.57. The van der Waals surface area contributed by atoms with E-state index in [-0.39, 0.29) is 11.4 Å². The quantitative estimate of drug-likeness (QED) is 0.660. The minimum atomic E-state index is -0.831. The molecule has 3 nitrogen and oxygen atoms in total. The summed E-state index contributed by atoms with van der Waals surface area (Å²) in [5, 5.41) is 12.1. The molecule has 0 aromatic rings. The van der Waals surface area contributed by atoms with Gasteiger partial charge in [-0.1, -0.05) is 6.92 Å². The third kappa shape index (κ3) is 1.97. The van der Waals surface area contributed by atoms with E-state index >= 15 is 0 Å². The fourth-order valence-corrected chi connectivity index (χ4v) is 1.40. The van der Waals surface area contributed by atoms with Gasteiger partial charge in [0.05, 0.1) is 0 Å². The van der Waals surface area contributed by atoms with Crippen LogP contribution in [0.2, 0.25) is 0 Å². The van der Waals surface area contributed by atoms with E-state index in [0.717, 1.165) is 12.8 Å². The van der Waals surface area contributed by atoms with Crippen molar-refractivity contribution in [2.24, 2.45) is 0 Å². The van der Waals surface area contributed by atoms with Gasteiger partial charge >= 0.3 is 0 Å². The molecule has 0 aromatic carbocycles. The van der Waals surface area contributed by atoms with Gasteiger partial charge in [0.1, 0.15) is 6.10 Å². The number of aliphatic hydroxyl groups excluding tert-OH is 1. The molecule has 2 N–H and O–H groups in total. The molecular formula is C9H17NO2. The van der Waals surface area contributed by atoms with Gasteiger partial charge in [0.15, 0.2) is 0 Å². The zero-order valence-electron chi connectivity index (χ0n) is 7.76. The number of amides is 1. The molecule has 1 aliphatic rings. The molecule has 1 fully saturated rings. The lowest BCUT2D eigenvalue weighted by Crippen LogP contribution is -2.53. The highest BCUT2D eigenvalue weighted by atomic mass is 16.3. The van der Waals surface area contributed by atoms with E-state index in [1.54, 1.807) is 6.92 Å². The van der Waals surface area contributed by atoms with Crippen molar-refractivity contribution in [3.05, 3.63) is 0 Å². The summed E-state index contributed by atoms with van der Waals surface area (Å²) in [5.74, 6) is -0.222. The summed E-state index contributed by atoms with van der Waals surface area (Å²) >= 11 is 0. The van der Waals surface area contributed by atoms with Crippen LogP contribution < -0.4 is 5.32 Å². The van der Waals surface area contributed by atoms with Gasteiger partial charge in [-0.3, -0.25) is 4.79 Å². The molecule has 0 saturated heterocycles. The van der Waals surface area contributed by atoms with Crippen LogP contribution in [0, 0.1) is 0 Å². The van der Waals surface area contributed by atoms with Crippen LogP contribution >= 0.6 is 0 Å². The first-order valence-electron chi connectivity index (χ1n) is 4.57. The number of carbonyl (C=O) groups is 1. The molecule has 1 aliphatic carbocycles. The Morgan fingerprint density at radius 1 is 1.67 bits per heavy atom. The van der Waals surface area contributed by atoms with Crippen molar-refractivity contribution in [3.8, 4) is 0 Å². The maximum atomic E-state index is 11.2. The molecule has 1 unspecified atom stereocenters. The highest BCUT2D eigenvalue weighted by molar-refractivity contribution is 5.81. The Labute approximate surface area is 73.2 Å². The maximum absolute atomic E-state index is 11.2. The molecule has 0 aromatic heterocycles. The molecule has 1 rings (SSSR count). The third-order valence-corrected chi connectivity index (χ3v) is 2.57. The predicted molar refractivity (Wildman–Crippen MR) is 46.7 cm³/mol. The molecule has 70 valence electrons. The number of nitrogens with one attached hydrogen (secondary N) is 1. The van der Waals surface area contributed by atoms with E-state index in [1.165, 1.54) is 6.42 Å². The number of hydrogen-bond acceptors (Lipinski definition) is 2. The molecule has 0 radical (unpaired) electrons. The average Bonchev–Trinajstić information content (AvgIpc) is 2.00. The molecule has 1 saturated carbocycles. The number of carbonyl (C=O) groups excluding carboxylic acids is 1. The zero-order valence-corrected chi connectivity index (χ0v) is 7.76. The lowest BCUT2D eigenvalue weighted by Gasteiger charge is -2.39. The Morgan fingerprint density at radius 2 is 2.25 bits per heavy atom. The summed E-state index contributed by atoms with van der Waals surface area (Å²) in [6, 6.07) is 0. The minimum absolute atomic E-state index is 0.0345. The van der Waals surface area contributed by atoms with E-state index in [2.05, 4.69) is 5.32 Å². The molecule has 3 heteroatoms. The van der Waals surface area contributed by atoms with Crippen LogP contribution in [0.4, 0.5) is 0 Å². The van der Waals surface area contributed by atoms with Gasteiger partial charge < -0.3 is 10.4 Å². The van der Waals surface area contributed by atoms with Gasteiger partial charge in [-0.2, -0.15) is 0 Å². The van der Waals surface area contributed by atoms with Gasteiger partial charge in [-0.25, -0.2) is 0 Å². The molecule has 1 atom stereocenters. The SMILES string of the molecule is CCC(O)C(=O)NC1(C)CCC1. The van der Waals surface area contributed by atoms with E-state index in [1.807, 2.05) is 6.92 Å². The monoisotopic (exact) mass is 171 g/mol. The molecule has 12 heavy (non-hydrogen) atoms. The lowest BCUT2D eigenvalue weighted by molar-refractivity contribution is -0.132. The molecule has 0 heterocycles. The van der Waals surface area contributed by atoms with E-state index in [9.17, 15) is 9.90 Å². The Morgan fingerprint density at radius 3 is 2.58 bits per heavy atom. The van der Waals surface area contributed by atoms with Crippen LogP contribution in [0.25, 0.3) is 0 Å². The van der Waals surface area contributed by atoms with E-state index in [4.69, 9.17) is 0 Å². The summed E-state index contributed by atoms with van der Waals surface area (Å²) in [5.41, 5.74) is -0.0345. The molecule has 0 spiro atoms. The van der Waals surface area contributed by atoms with Crippen molar-refractivity contribution < 1.29 is 9.90 Å². The van der Waals surface area contributed by atoms with Crippen LogP contribution in [0.5, 0.6) is 0 Å². The second-order valence-corrected chi connectivity index (χ2v) is 3.83. The summed E-state index contributed by atoms with van der Waals surface area (Å²) < 4.78 is 0. The van der Waals surface area contributed by atoms with Gasteiger partial charge in [-0.05, 0) is 32.6 Å². The van der Waals surface area contributed by atoms with Gasteiger partial charge in [0, 0.05) is 5.54 Å². The van der Waals surface area contributed by atoms with Crippen LogP contribution in [-0.2, 0) is 4.79 Å². The molecule has 1 amide bonds.